The van der Waals surface area contributed by atoms with Crippen molar-refractivity contribution in [2.75, 3.05) is 0 Å². The van der Waals surface area contributed by atoms with Gasteiger partial charge >= 0.3 is 11.9 Å². The summed E-state index contributed by atoms with van der Waals surface area (Å²) in [4.78, 5) is 52.4. The van der Waals surface area contributed by atoms with Crippen molar-refractivity contribution < 1.29 is 29.4 Å². The summed E-state index contributed by atoms with van der Waals surface area (Å²) in [7, 11) is 2.10. The fourth-order valence-corrected chi connectivity index (χ4v) is 5.84. The molecule has 2 heterocycles. The van der Waals surface area contributed by atoms with E-state index < -0.39 is 40.7 Å². The van der Waals surface area contributed by atoms with Crippen LogP contribution >= 0.6 is 21.6 Å². The van der Waals surface area contributed by atoms with E-state index in [2.05, 4.69) is 20.9 Å². The molecule has 0 bridgehead atoms. The van der Waals surface area contributed by atoms with Crippen molar-refractivity contribution in [2.24, 2.45) is 11.8 Å². The van der Waals surface area contributed by atoms with Crippen LogP contribution in [0, 0.1) is 11.8 Å². The van der Waals surface area contributed by atoms with Crippen LogP contribution in [0.15, 0.2) is 47.8 Å². The van der Waals surface area contributed by atoms with Gasteiger partial charge in [0.15, 0.2) is 4.87 Å². The van der Waals surface area contributed by atoms with Crippen molar-refractivity contribution in [3.8, 4) is 0 Å². The van der Waals surface area contributed by atoms with Crippen LogP contribution in [0.5, 0.6) is 0 Å². The average molecular weight is 537 g/mol. The molecule has 2 amide bonds. The first-order valence-corrected chi connectivity index (χ1v) is 13.6. The van der Waals surface area contributed by atoms with E-state index in [-0.39, 0.29) is 35.3 Å². The van der Waals surface area contributed by atoms with Crippen LogP contribution in [0.1, 0.15) is 50.9 Å². The third-order valence-corrected chi connectivity index (χ3v) is 7.84. The maximum absolute atomic E-state index is 13.3. The van der Waals surface area contributed by atoms with E-state index in [9.17, 15) is 29.4 Å². The minimum absolute atomic E-state index is 0.0547. The molecule has 0 saturated carbocycles. The van der Waals surface area contributed by atoms with E-state index in [1.54, 1.807) is 30.5 Å². The molecular weight excluding hydrogens is 504 g/mol. The van der Waals surface area contributed by atoms with Crippen molar-refractivity contribution >= 4 is 45.3 Å². The van der Waals surface area contributed by atoms with Crippen molar-refractivity contribution in [1.82, 2.24) is 20.9 Å². The molecule has 36 heavy (non-hydrogen) atoms. The number of carboxylic acid groups (broad SMARTS) is 2. The van der Waals surface area contributed by atoms with Crippen molar-refractivity contribution in [3.05, 3.63) is 48.3 Å². The number of dihydropyridines is 1. The Morgan fingerprint density at radius 3 is 2.14 bits per heavy atom. The summed E-state index contributed by atoms with van der Waals surface area (Å²) in [5.41, 5.74) is 0.166. The van der Waals surface area contributed by atoms with Gasteiger partial charge in [-0.2, -0.15) is 0 Å². The zero-order chi connectivity index (χ0) is 26.9. The monoisotopic (exact) mass is 536 g/mol. The summed E-state index contributed by atoms with van der Waals surface area (Å²) in [6.45, 7) is 7.47. The van der Waals surface area contributed by atoms with Crippen LogP contribution in [0.25, 0.3) is 0 Å². The van der Waals surface area contributed by atoms with Gasteiger partial charge in [0.2, 0.25) is 0 Å². The average Bonchev–Trinajstić information content (AvgIpc) is 2.81. The lowest BCUT2D eigenvalue weighted by atomic mass is 10.0. The lowest BCUT2D eigenvalue weighted by molar-refractivity contribution is -0.142. The maximum atomic E-state index is 13.3. The van der Waals surface area contributed by atoms with Gasteiger partial charge in [-0.05, 0) is 76.7 Å². The Morgan fingerprint density at radius 1 is 1.00 bits per heavy atom. The Morgan fingerprint density at radius 2 is 1.61 bits per heavy atom. The predicted octanol–water partition coefficient (Wildman–Crippen LogP) is 3.04. The zero-order valence-electron chi connectivity index (χ0n) is 20.6. The number of rotatable bonds is 13. The SMILES string of the molecule is CC(C)CC(NC(=O)c1cccnc1SSC1(C(=O)NC(CC(C)C)C(=O)O)C=CC=CN1)C(=O)O. The number of pyridine rings is 1. The molecule has 0 aromatic carbocycles. The summed E-state index contributed by atoms with van der Waals surface area (Å²) in [6, 6.07) is 0.975. The van der Waals surface area contributed by atoms with Gasteiger partial charge in [0.05, 0.1) is 5.56 Å². The van der Waals surface area contributed by atoms with Crippen LogP contribution in [0.4, 0.5) is 0 Å². The zero-order valence-corrected chi connectivity index (χ0v) is 22.2. The van der Waals surface area contributed by atoms with Crippen LogP contribution in [0.3, 0.4) is 0 Å². The first-order valence-electron chi connectivity index (χ1n) is 11.5. The van der Waals surface area contributed by atoms with Gasteiger partial charge in [0.1, 0.15) is 17.1 Å². The van der Waals surface area contributed by atoms with Gasteiger partial charge in [0.25, 0.3) is 11.8 Å². The fraction of sp³-hybridized carbons (Fsp3) is 0.458. The molecule has 12 heteroatoms. The normalized spacial score (nSPS) is 18.4. The number of aliphatic carboxylic acids is 2. The number of allylic oxidation sites excluding steroid dienone is 2. The lowest BCUT2D eigenvalue weighted by Gasteiger charge is -2.31. The van der Waals surface area contributed by atoms with E-state index >= 15 is 0 Å². The summed E-state index contributed by atoms with van der Waals surface area (Å²) in [6.07, 6.45) is 8.55. The summed E-state index contributed by atoms with van der Waals surface area (Å²) < 4.78 is 0. The number of hydrogen-bond donors (Lipinski definition) is 5. The molecule has 3 unspecified atom stereocenters. The first-order chi connectivity index (χ1) is 16.9. The molecule has 10 nitrogen and oxygen atoms in total. The Kier molecular flexibility index (Phi) is 10.8. The van der Waals surface area contributed by atoms with Crippen LogP contribution in [0.2, 0.25) is 0 Å². The molecule has 5 N–H and O–H groups in total. The quantitative estimate of drug-likeness (QED) is 0.237. The summed E-state index contributed by atoms with van der Waals surface area (Å²) >= 11 is 0. The molecular formula is C24H32N4O6S2. The molecule has 0 spiro atoms. The highest BCUT2D eigenvalue weighted by molar-refractivity contribution is 8.77. The Bertz CT molecular complexity index is 1030. The van der Waals surface area contributed by atoms with E-state index in [4.69, 9.17) is 0 Å². The summed E-state index contributed by atoms with van der Waals surface area (Å²) in [5, 5.41) is 27.4. The predicted molar refractivity (Wildman–Crippen MR) is 139 cm³/mol. The lowest BCUT2D eigenvalue weighted by Crippen LogP contribution is -2.55. The van der Waals surface area contributed by atoms with E-state index in [1.807, 2.05) is 27.7 Å². The molecule has 0 fully saturated rings. The highest BCUT2D eigenvalue weighted by Crippen LogP contribution is 2.42. The van der Waals surface area contributed by atoms with Gasteiger partial charge in [-0.3, -0.25) is 9.59 Å². The second kappa shape index (κ2) is 13.4. The largest absolute Gasteiger partial charge is 0.480 e. The standard InChI is InChI=1S/C24H32N4O6S2/c1-14(2)12-17(21(30)31)27-19(29)16-8-7-10-25-20(16)35-36-24(9-5-6-11-26-24)23(34)28-18(22(32)33)13-15(3)4/h5-11,14-15,17-18,26H,12-13H2,1-4H3,(H,27,29)(H,28,34)(H,30,31)(H,32,33). The molecule has 1 aromatic rings. The number of nitrogens with zero attached hydrogens (tertiary/aromatic N) is 1. The molecule has 1 aliphatic heterocycles. The number of amides is 2. The topological polar surface area (TPSA) is 158 Å². The van der Waals surface area contributed by atoms with Gasteiger partial charge < -0.3 is 26.2 Å². The number of carbonyl (C=O) groups is 4. The van der Waals surface area contributed by atoms with E-state index in [0.717, 1.165) is 21.6 Å². The fourth-order valence-electron chi connectivity index (χ4n) is 3.32. The minimum Gasteiger partial charge on any atom is -0.480 e. The number of carbonyl (C=O) groups excluding carboxylic acids is 2. The second-order valence-corrected chi connectivity index (χ2v) is 11.5. The number of aromatic nitrogens is 1. The molecule has 1 aliphatic rings. The molecule has 2 rings (SSSR count). The Balaban J connectivity index is 2.23. The van der Waals surface area contributed by atoms with Crippen LogP contribution in [-0.2, 0) is 14.4 Å². The van der Waals surface area contributed by atoms with Crippen LogP contribution < -0.4 is 16.0 Å². The van der Waals surface area contributed by atoms with Gasteiger partial charge in [-0.1, -0.05) is 33.8 Å². The number of carboxylic acids is 2. The smallest absolute Gasteiger partial charge is 0.326 e. The number of hydrogen-bond acceptors (Lipinski definition) is 8. The van der Waals surface area contributed by atoms with E-state index in [0.29, 0.717) is 0 Å². The molecule has 0 radical (unpaired) electrons. The summed E-state index contributed by atoms with van der Waals surface area (Å²) in [5.74, 6) is -3.29. The van der Waals surface area contributed by atoms with Crippen molar-refractivity contribution in [3.63, 3.8) is 0 Å². The highest BCUT2D eigenvalue weighted by atomic mass is 33.1. The van der Waals surface area contributed by atoms with Crippen molar-refractivity contribution in [2.45, 2.75) is 62.5 Å². The highest BCUT2D eigenvalue weighted by Gasteiger charge is 2.40. The van der Waals surface area contributed by atoms with Gasteiger partial charge in [-0.15, -0.1) is 0 Å². The van der Waals surface area contributed by atoms with E-state index in [1.165, 1.54) is 12.3 Å². The molecule has 3 atom stereocenters. The number of nitrogens with one attached hydrogen (secondary N) is 3. The third-order valence-electron chi connectivity index (χ3n) is 5.06. The molecule has 0 saturated heterocycles. The Hall–Kier alpha value is -2.99. The second-order valence-electron chi connectivity index (χ2n) is 9.11. The van der Waals surface area contributed by atoms with Crippen LogP contribution in [-0.4, -0.2) is 55.9 Å². The first kappa shape index (κ1) is 29.2. The maximum Gasteiger partial charge on any atom is 0.326 e. The minimum atomic E-state index is -1.36. The third kappa shape index (κ3) is 8.30. The molecule has 0 aliphatic carbocycles. The molecule has 1 aromatic heterocycles. The van der Waals surface area contributed by atoms with Gasteiger partial charge in [0, 0.05) is 6.20 Å². The van der Waals surface area contributed by atoms with Crippen molar-refractivity contribution in [1.29, 1.82) is 0 Å². The molecule has 196 valence electrons. The van der Waals surface area contributed by atoms with Gasteiger partial charge in [-0.25, -0.2) is 14.6 Å². The Labute approximate surface area is 218 Å².